The molecular formula is C22H28N6O7. The maximum Gasteiger partial charge on any atom is 0.326 e. The number of carbonyl (C=O) groups is 5. The van der Waals surface area contributed by atoms with Crippen LogP contribution >= 0.6 is 0 Å². The Morgan fingerprint density at radius 2 is 1.60 bits per heavy atom. The highest BCUT2D eigenvalue weighted by Gasteiger charge is 2.30. The predicted octanol–water partition coefficient (Wildman–Crippen LogP) is -1.44. The van der Waals surface area contributed by atoms with Crippen molar-refractivity contribution in [3.63, 3.8) is 0 Å². The number of nitrogens with zero attached hydrogens (tertiary/aromatic N) is 1. The Kier molecular flexibility index (Phi) is 9.90. The van der Waals surface area contributed by atoms with Gasteiger partial charge in [0.05, 0.1) is 18.8 Å². The summed E-state index contributed by atoms with van der Waals surface area (Å²) in [5.74, 6) is -5.14. The van der Waals surface area contributed by atoms with Gasteiger partial charge in [0.1, 0.15) is 18.1 Å². The maximum absolute atomic E-state index is 12.8. The summed E-state index contributed by atoms with van der Waals surface area (Å²) in [5.41, 5.74) is 7.17. The molecule has 1 aromatic carbocycles. The highest BCUT2D eigenvalue weighted by Crippen LogP contribution is 2.06. The van der Waals surface area contributed by atoms with Crippen molar-refractivity contribution in [1.82, 2.24) is 25.9 Å². The topological polar surface area (TPSA) is 217 Å². The van der Waals surface area contributed by atoms with Crippen LogP contribution in [0.15, 0.2) is 42.9 Å². The van der Waals surface area contributed by atoms with E-state index >= 15 is 0 Å². The third-order valence-electron chi connectivity index (χ3n) is 4.99. The number of amides is 3. The lowest BCUT2D eigenvalue weighted by atomic mass is 10.0. The number of nitrogens with one attached hydrogen (secondary N) is 4. The molecule has 0 fully saturated rings. The fourth-order valence-electron chi connectivity index (χ4n) is 3.11. The number of aromatic nitrogens is 2. The second-order valence-corrected chi connectivity index (χ2v) is 7.87. The van der Waals surface area contributed by atoms with Crippen LogP contribution in [-0.4, -0.2) is 74.0 Å². The molecule has 0 aliphatic rings. The quantitative estimate of drug-likeness (QED) is 0.175. The highest BCUT2D eigenvalue weighted by molar-refractivity contribution is 5.94. The minimum absolute atomic E-state index is 0.00215. The first-order valence-corrected chi connectivity index (χ1v) is 10.7. The molecule has 3 amide bonds. The van der Waals surface area contributed by atoms with Crippen LogP contribution in [0.4, 0.5) is 0 Å². The number of aromatic amines is 1. The molecule has 0 bridgehead atoms. The SMILES string of the molecule is CC(NC(=O)C(N)Cc1cnc[nH]1)C(=O)NC(Cc1ccccc1)C(=O)NC(CC(=O)O)C(=O)O. The Labute approximate surface area is 200 Å². The van der Waals surface area contributed by atoms with Gasteiger partial charge >= 0.3 is 11.9 Å². The Hall–Kier alpha value is -4.26. The lowest BCUT2D eigenvalue weighted by Crippen LogP contribution is -2.57. The number of carboxylic acid groups (broad SMARTS) is 2. The average Bonchev–Trinajstić information content (AvgIpc) is 3.31. The molecular weight excluding hydrogens is 460 g/mol. The number of hydrogen-bond acceptors (Lipinski definition) is 7. The van der Waals surface area contributed by atoms with Crippen molar-refractivity contribution in [2.45, 2.75) is 50.4 Å². The average molecular weight is 489 g/mol. The van der Waals surface area contributed by atoms with Gasteiger partial charge in [-0.1, -0.05) is 30.3 Å². The highest BCUT2D eigenvalue weighted by atomic mass is 16.4. The number of nitrogens with two attached hydrogens (primary N) is 1. The van der Waals surface area contributed by atoms with Gasteiger partial charge in [0.2, 0.25) is 17.7 Å². The zero-order valence-corrected chi connectivity index (χ0v) is 18.9. The van der Waals surface area contributed by atoms with Crippen LogP contribution in [0.5, 0.6) is 0 Å². The van der Waals surface area contributed by atoms with Gasteiger partial charge < -0.3 is 36.9 Å². The van der Waals surface area contributed by atoms with E-state index in [1.54, 1.807) is 30.3 Å². The zero-order chi connectivity index (χ0) is 26.0. The van der Waals surface area contributed by atoms with Crippen molar-refractivity contribution >= 4 is 29.7 Å². The summed E-state index contributed by atoms with van der Waals surface area (Å²) >= 11 is 0. The number of hydrogen-bond donors (Lipinski definition) is 7. The van der Waals surface area contributed by atoms with Crippen LogP contribution in [0.25, 0.3) is 0 Å². The Morgan fingerprint density at radius 3 is 2.17 bits per heavy atom. The van der Waals surface area contributed by atoms with Crippen LogP contribution in [0.2, 0.25) is 0 Å². The number of aliphatic carboxylic acids is 2. The monoisotopic (exact) mass is 488 g/mol. The van der Waals surface area contributed by atoms with Crippen molar-refractivity contribution in [1.29, 1.82) is 0 Å². The van der Waals surface area contributed by atoms with Crippen molar-refractivity contribution < 1.29 is 34.2 Å². The van der Waals surface area contributed by atoms with E-state index in [-0.39, 0.29) is 12.8 Å². The van der Waals surface area contributed by atoms with Gasteiger partial charge in [-0.2, -0.15) is 0 Å². The van der Waals surface area contributed by atoms with Gasteiger partial charge in [0, 0.05) is 24.7 Å². The van der Waals surface area contributed by atoms with Crippen LogP contribution < -0.4 is 21.7 Å². The first-order chi connectivity index (χ1) is 16.6. The van der Waals surface area contributed by atoms with E-state index in [1.807, 2.05) is 0 Å². The van der Waals surface area contributed by atoms with Gasteiger partial charge in [-0.25, -0.2) is 9.78 Å². The number of carboxylic acids is 2. The van der Waals surface area contributed by atoms with Crippen molar-refractivity contribution in [2.75, 3.05) is 0 Å². The van der Waals surface area contributed by atoms with E-state index in [2.05, 4.69) is 25.9 Å². The molecule has 2 rings (SSSR count). The molecule has 8 N–H and O–H groups in total. The van der Waals surface area contributed by atoms with Crippen LogP contribution in [-0.2, 0) is 36.8 Å². The normalized spacial score (nSPS) is 14.1. The molecule has 0 aliphatic heterocycles. The molecule has 0 saturated carbocycles. The Bertz CT molecular complexity index is 1030. The molecule has 1 heterocycles. The standard InChI is InChI=1S/C22H28N6O7/c1-12(26-20(32)15(23)8-14-10-24-11-25-14)19(31)27-16(7-13-5-3-2-4-6-13)21(33)28-17(22(34)35)9-18(29)30/h2-6,10-12,15-17H,7-9,23H2,1H3,(H,24,25)(H,26,32)(H,27,31)(H,28,33)(H,29,30)(H,34,35). The molecule has 4 unspecified atom stereocenters. The molecule has 0 spiro atoms. The second-order valence-electron chi connectivity index (χ2n) is 7.87. The summed E-state index contributed by atoms with van der Waals surface area (Å²) in [6.45, 7) is 1.40. The van der Waals surface area contributed by atoms with E-state index in [1.165, 1.54) is 19.4 Å². The molecule has 13 nitrogen and oxygen atoms in total. The van der Waals surface area contributed by atoms with Gasteiger partial charge in [-0.15, -0.1) is 0 Å². The van der Waals surface area contributed by atoms with E-state index in [0.29, 0.717) is 11.3 Å². The number of H-pyrrole nitrogens is 1. The largest absolute Gasteiger partial charge is 0.481 e. The molecule has 0 saturated heterocycles. The lowest BCUT2D eigenvalue weighted by molar-refractivity contribution is -0.147. The van der Waals surface area contributed by atoms with E-state index in [0.717, 1.165) is 0 Å². The summed E-state index contributed by atoms with van der Waals surface area (Å²) < 4.78 is 0. The van der Waals surface area contributed by atoms with Crippen molar-refractivity contribution in [2.24, 2.45) is 5.73 Å². The van der Waals surface area contributed by atoms with Gasteiger partial charge in [0.25, 0.3) is 0 Å². The smallest absolute Gasteiger partial charge is 0.326 e. The molecule has 35 heavy (non-hydrogen) atoms. The van der Waals surface area contributed by atoms with Crippen molar-refractivity contribution in [3.05, 3.63) is 54.1 Å². The predicted molar refractivity (Wildman–Crippen MR) is 122 cm³/mol. The number of carbonyl (C=O) groups excluding carboxylic acids is 3. The van der Waals surface area contributed by atoms with Crippen molar-refractivity contribution in [3.8, 4) is 0 Å². The maximum atomic E-state index is 12.8. The minimum Gasteiger partial charge on any atom is -0.481 e. The number of rotatable bonds is 13. The fraction of sp³-hybridized carbons (Fsp3) is 0.364. The first kappa shape index (κ1) is 27.0. The molecule has 0 radical (unpaired) electrons. The van der Waals surface area contributed by atoms with Gasteiger partial charge in [0.15, 0.2) is 0 Å². The van der Waals surface area contributed by atoms with Crippen LogP contribution in [0.1, 0.15) is 24.6 Å². The summed E-state index contributed by atoms with van der Waals surface area (Å²) in [4.78, 5) is 66.9. The lowest BCUT2D eigenvalue weighted by Gasteiger charge is -2.23. The van der Waals surface area contributed by atoms with Crippen LogP contribution in [0, 0.1) is 0 Å². The van der Waals surface area contributed by atoms with E-state index in [4.69, 9.17) is 10.8 Å². The first-order valence-electron chi connectivity index (χ1n) is 10.7. The van der Waals surface area contributed by atoms with Gasteiger partial charge in [-0.3, -0.25) is 19.2 Å². The summed E-state index contributed by atoms with van der Waals surface area (Å²) in [6.07, 6.45) is 2.29. The molecule has 188 valence electrons. The van der Waals surface area contributed by atoms with Crippen LogP contribution in [0.3, 0.4) is 0 Å². The summed E-state index contributed by atoms with van der Waals surface area (Å²) in [6, 6.07) is 3.66. The molecule has 13 heteroatoms. The molecule has 4 atom stereocenters. The summed E-state index contributed by atoms with van der Waals surface area (Å²) in [7, 11) is 0. The third kappa shape index (κ3) is 8.89. The van der Waals surface area contributed by atoms with E-state index in [9.17, 15) is 29.1 Å². The second kappa shape index (κ2) is 12.8. The van der Waals surface area contributed by atoms with E-state index < -0.39 is 60.2 Å². The molecule has 2 aromatic rings. The zero-order valence-electron chi connectivity index (χ0n) is 18.9. The fourth-order valence-corrected chi connectivity index (χ4v) is 3.11. The van der Waals surface area contributed by atoms with Gasteiger partial charge in [-0.05, 0) is 12.5 Å². The minimum atomic E-state index is -1.69. The Balaban J connectivity index is 2.07. The summed E-state index contributed by atoms with van der Waals surface area (Å²) in [5, 5.41) is 25.2. The number of imidazole rings is 1. The Morgan fingerprint density at radius 1 is 0.943 bits per heavy atom. The number of benzene rings is 1. The molecule has 0 aliphatic carbocycles. The third-order valence-corrected chi connectivity index (χ3v) is 4.99. The molecule has 1 aromatic heterocycles.